The molecule has 0 unspecified atom stereocenters. The lowest BCUT2D eigenvalue weighted by molar-refractivity contribution is 0.180. The summed E-state index contributed by atoms with van der Waals surface area (Å²) in [6.07, 6.45) is 0. The van der Waals surface area contributed by atoms with E-state index >= 15 is 0 Å². The van der Waals surface area contributed by atoms with Gasteiger partial charge in [-0.25, -0.2) is 8.42 Å². The summed E-state index contributed by atoms with van der Waals surface area (Å²) in [5.74, 6) is 0. The molecule has 18 heavy (non-hydrogen) atoms. The number of likely N-dealkylation sites (N-methyl/N-ethyl adjacent to an activating group) is 1. The number of sulfonamides is 1. The summed E-state index contributed by atoms with van der Waals surface area (Å²) in [5, 5.41) is 1.83. The molecule has 0 aliphatic carbocycles. The number of methoxy groups -OCH3 is 1. The standard InChI is InChI=1S/C11H20N2O3S2/c1-4-13(5-6-16-3)18(14,15)11-9(2)8-17-10(11)7-12/h8H,4-7,12H2,1-3H3. The number of hydrogen-bond acceptors (Lipinski definition) is 5. The predicted molar refractivity (Wildman–Crippen MR) is 73.3 cm³/mol. The Balaban J connectivity index is 3.14. The van der Waals surface area contributed by atoms with E-state index in [0.717, 1.165) is 5.56 Å². The Morgan fingerprint density at radius 1 is 1.50 bits per heavy atom. The lowest BCUT2D eigenvalue weighted by Crippen LogP contribution is -2.34. The van der Waals surface area contributed by atoms with Gasteiger partial charge in [0.15, 0.2) is 0 Å². The smallest absolute Gasteiger partial charge is 0.244 e. The average molecular weight is 292 g/mol. The van der Waals surface area contributed by atoms with Crippen LogP contribution in [-0.2, 0) is 21.3 Å². The van der Waals surface area contributed by atoms with E-state index in [0.29, 0.717) is 29.5 Å². The molecule has 0 saturated carbocycles. The molecule has 0 aliphatic heterocycles. The molecule has 0 spiro atoms. The zero-order valence-electron chi connectivity index (χ0n) is 11.0. The number of aryl methyl sites for hydroxylation is 1. The highest BCUT2D eigenvalue weighted by molar-refractivity contribution is 7.89. The van der Waals surface area contributed by atoms with Crippen molar-refractivity contribution in [1.29, 1.82) is 0 Å². The van der Waals surface area contributed by atoms with Crippen LogP contribution >= 0.6 is 11.3 Å². The summed E-state index contributed by atoms with van der Waals surface area (Å²) in [4.78, 5) is 1.08. The van der Waals surface area contributed by atoms with E-state index in [1.54, 1.807) is 14.0 Å². The molecule has 0 saturated heterocycles. The van der Waals surface area contributed by atoms with Crippen molar-refractivity contribution >= 4 is 21.4 Å². The van der Waals surface area contributed by atoms with Crippen LogP contribution in [0, 0.1) is 6.92 Å². The monoisotopic (exact) mass is 292 g/mol. The van der Waals surface area contributed by atoms with Crippen LogP contribution in [0.3, 0.4) is 0 Å². The Morgan fingerprint density at radius 2 is 2.17 bits per heavy atom. The summed E-state index contributed by atoms with van der Waals surface area (Å²) in [6, 6.07) is 0. The second-order valence-corrected chi connectivity index (χ2v) is 6.70. The Labute approximate surface area is 113 Å². The second-order valence-electron chi connectivity index (χ2n) is 3.86. The van der Waals surface area contributed by atoms with E-state index in [9.17, 15) is 8.42 Å². The van der Waals surface area contributed by atoms with Gasteiger partial charge < -0.3 is 10.5 Å². The van der Waals surface area contributed by atoms with Crippen molar-refractivity contribution in [1.82, 2.24) is 4.31 Å². The molecule has 2 N–H and O–H groups in total. The van der Waals surface area contributed by atoms with Gasteiger partial charge in [0.05, 0.1) is 6.61 Å². The molecular formula is C11H20N2O3S2. The molecule has 7 heteroatoms. The van der Waals surface area contributed by atoms with E-state index < -0.39 is 10.0 Å². The van der Waals surface area contributed by atoms with Crippen molar-refractivity contribution < 1.29 is 13.2 Å². The molecule has 0 bridgehead atoms. The highest BCUT2D eigenvalue weighted by Gasteiger charge is 2.28. The van der Waals surface area contributed by atoms with Crippen LogP contribution in [0.25, 0.3) is 0 Å². The highest BCUT2D eigenvalue weighted by Crippen LogP contribution is 2.29. The van der Waals surface area contributed by atoms with Gasteiger partial charge in [0.2, 0.25) is 10.0 Å². The first-order valence-electron chi connectivity index (χ1n) is 5.75. The van der Waals surface area contributed by atoms with Crippen molar-refractivity contribution in [3.63, 3.8) is 0 Å². The van der Waals surface area contributed by atoms with E-state index in [4.69, 9.17) is 10.5 Å². The van der Waals surface area contributed by atoms with Crippen LogP contribution in [0.2, 0.25) is 0 Å². The molecule has 0 amide bonds. The zero-order chi connectivity index (χ0) is 13.8. The molecule has 0 radical (unpaired) electrons. The highest BCUT2D eigenvalue weighted by atomic mass is 32.2. The van der Waals surface area contributed by atoms with Crippen LogP contribution in [0.1, 0.15) is 17.4 Å². The lowest BCUT2D eigenvalue weighted by atomic mass is 10.3. The van der Waals surface area contributed by atoms with Gasteiger partial charge in [0.1, 0.15) is 4.90 Å². The molecule has 1 rings (SSSR count). The van der Waals surface area contributed by atoms with E-state index in [1.807, 2.05) is 12.3 Å². The fourth-order valence-electron chi connectivity index (χ4n) is 1.75. The molecule has 0 atom stereocenters. The first-order valence-corrected chi connectivity index (χ1v) is 8.07. The van der Waals surface area contributed by atoms with Gasteiger partial charge in [-0.1, -0.05) is 6.92 Å². The number of hydrogen-bond donors (Lipinski definition) is 1. The van der Waals surface area contributed by atoms with Gasteiger partial charge in [0.25, 0.3) is 0 Å². The Kier molecular flexibility index (Phi) is 5.74. The summed E-state index contributed by atoms with van der Waals surface area (Å²) >= 11 is 1.39. The van der Waals surface area contributed by atoms with Gasteiger partial charge in [0, 0.05) is 31.6 Å². The normalized spacial score (nSPS) is 12.3. The summed E-state index contributed by atoms with van der Waals surface area (Å²) < 4.78 is 31.5. The van der Waals surface area contributed by atoms with Crippen molar-refractivity contribution in [2.45, 2.75) is 25.3 Å². The van der Waals surface area contributed by atoms with E-state index in [-0.39, 0.29) is 6.54 Å². The van der Waals surface area contributed by atoms with Crippen LogP contribution in [0.15, 0.2) is 10.3 Å². The van der Waals surface area contributed by atoms with Crippen molar-refractivity contribution in [2.24, 2.45) is 5.73 Å². The number of thiophene rings is 1. The molecular weight excluding hydrogens is 272 g/mol. The topological polar surface area (TPSA) is 72.6 Å². The quantitative estimate of drug-likeness (QED) is 0.819. The maximum absolute atomic E-state index is 12.6. The molecule has 1 heterocycles. The van der Waals surface area contributed by atoms with Gasteiger partial charge in [-0.15, -0.1) is 11.3 Å². The third kappa shape index (κ3) is 3.10. The Hall–Kier alpha value is -0.470. The minimum Gasteiger partial charge on any atom is -0.383 e. The maximum atomic E-state index is 12.6. The molecule has 0 fully saturated rings. The largest absolute Gasteiger partial charge is 0.383 e. The summed E-state index contributed by atoms with van der Waals surface area (Å²) in [6.45, 7) is 5.02. The lowest BCUT2D eigenvalue weighted by Gasteiger charge is -2.20. The van der Waals surface area contributed by atoms with Crippen molar-refractivity contribution in [3.05, 3.63) is 15.8 Å². The minimum absolute atomic E-state index is 0.245. The third-order valence-electron chi connectivity index (χ3n) is 2.67. The number of nitrogens with zero attached hydrogens (tertiary/aromatic N) is 1. The third-order valence-corrected chi connectivity index (χ3v) is 6.13. The van der Waals surface area contributed by atoms with Gasteiger partial charge in [-0.3, -0.25) is 0 Å². The first-order chi connectivity index (χ1) is 8.48. The number of nitrogens with two attached hydrogens (primary N) is 1. The zero-order valence-corrected chi connectivity index (χ0v) is 12.6. The molecule has 104 valence electrons. The van der Waals surface area contributed by atoms with Crippen molar-refractivity contribution in [3.8, 4) is 0 Å². The molecule has 0 aliphatic rings. The Morgan fingerprint density at radius 3 is 2.67 bits per heavy atom. The van der Waals surface area contributed by atoms with Gasteiger partial charge in [-0.05, 0) is 17.9 Å². The molecule has 1 aromatic rings. The molecule has 0 aromatic carbocycles. The fraction of sp³-hybridized carbons (Fsp3) is 0.636. The summed E-state index contributed by atoms with van der Waals surface area (Å²) in [7, 11) is -1.91. The number of rotatable bonds is 7. The molecule has 5 nitrogen and oxygen atoms in total. The van der Waals surface area contributed by atoms with Crippen molar-refractivity contribution in [2.75, 3.05) is 26.8 Å². The van der Waals surface area contributed by atoms with E-state index in [1.165, 1.54) is 15.6 Å². The van der Waals surface area contributed by atoms with Crippen LogP contribution < -0.4 is 5.73 Å². The maximum Gasteiger partial charge on any atom is 0.244 e. The van der Waals surface area contributed by atoms with Gasteiger partial charge >= 0.3 is 0 Å². The molecule has 1 aromatic heterocycles. The van der Waals surface area contributed by atoms with Gasteiger partial charge in [-0.2, -0.15) is 4.31 Å². The SMILES string of the molecule is CCN(CCOC)S(=O)(=O)c1c(C)csc1CN. The summed E-state index contributed by atoms with van der Waals surface area (Å²) in [5.41, 5.74) is 6.37. The van der Waals surface area contributed by atoms with Crippen LogP contribution in [0.5, 0.6) is 0 Å². The van der Waals surface area contributed by atoms with Crippen LogP contribution in [0.4, 0.5) is 0 Å². The minimum atomic E-state index is -3.47. The Bertz CT molecular complexity index is 482. The number of ether oxygens (including phenoxy) is 1. The first kappa shape index (κ1) is 15.6. The van der Waals surface area contributed by atoms with E-state index in [2.05, 4.69) is 0 Å². The van der Waals surface area contributed by atoms with Crippen LogP contribution in [-0.4, -0.2) is 39.5 Å². The fourth-order valence-corrected chi connectivity index (χ4v) is 4.83. The average Bonchev–Trinajstić information content (AvgIpc) is 2.71. The predicted octanol–water partition coefficient (Wildman–Crippen LogP) is 1.17. The second kappa shape index (κ2) is 6.63.